The van der Waals surface area contributed by atoms with Crippen LogP contribution in [0.3, 0.4) is 0 Å². The molecular weight excluding hydrogens is 376 g/mol. The van der Waals surface area contributed by atoms with Gasteiger partial charge in [0.1, 0.15) is 16.9 Å². The molecule has 1 fully saturated rings. The van der Waals surface area contributed by atoms with Crippen molar-refractivity contribution in [2.24, 2.45) is 17.3 Å². The smallest absolute Gasteiger partial charge is 0.310 e. The lowest BCUT2D eigenvalue weighted by atomic mass is 10.1. The number of hydrogen-bond acceptors (Lipinski definition) is 2. The molecule has 1 aliphatic carbocycles. The Morgan fingerprint density at radius 2 is 1.91 bits per heavy atom. The van der Waals surface area contributed by atoms with E-state index in [0.29, 0.717) is 6.07 Å². The molecule has 1 saturated carbocycles. The zero-order valence-electron chi connectivity index (χ0n) is 12.1. The first-order valence-corrected chi connectivity index (χ1v) is 7.72. The molecule has 1 aromatic carbocycles. The summed E-state index contributed by atoms with van der Waals surface area (Å²) in [5, 5.41) is -0.619. The van der Waals surface area contributed by atoms with Crippen molar-refractivity contribution in [1.29, 1.82) is 0 Å². The number of benzene rings is 1. The van der Waals surface area contributed by atoms with Gasteiger partial charge in [0, 0.05) is 11.6 Å². The van der Waals surface area contributed by atoms with Gasteiger partial charge in [0.25, 0.3) is 0 Å². The summed E-state index contributed by atoms with van der Waals surface area (Å²) in [5.41, 5.74) is -0.972. The molecular formula is C15H12Cl3F3O2. The molecule has 0 aliphatic heterocycles. The Balaban J connectivity index is 2.11. The van der Waals surface area contributed by atoms with E-state index in [0.717, 1.165) is 0 Å². The molecule has 1 aliphatic rings. The fraction of sp³-hybridized carbons (Fsp3) is 0.400. The van der Waals surface area contributed by atoms with Gasteiger partial charge in [-0.25, -0.2) is 13.2 Å². The molecule has 8 heteroatoms. The Kier molecular flexibility index (Phi) is 5.24. The molecule has 0 amide bonds. The second-order valence-electron chi connectivity index (χ2n) is 5.84. The first-order valence-electron chi connectivity index (χ1n) is 6.58. The zero-order chi connectivity index (χ0) is 17.5. The maximum absolute atomic E-state index is 13.6. The normalized spacial score (nSPS) is 21.7. The van der Waals surface area contributed by atoms with Gasteiger partial charge in [-0.05, 0) is 17.4 Å². The molecule has 1 aromatic rings. The van der Waals surface area contributed by atoms with Crippen LogP contribution in [-0.2, 0) is 16.1 Å². The third-order valence-electron chi connectivity index (χ3n) is 4.03. The summed E-state index contributed by atoms with van der Waals surface area (Å²) in [6.45, 7) is 2.95. The van der Waals surface area contributed by atoms with Crippen LogP contribution in [0.4, 0.5) is 13.2 Å². The second-order valence-corrected chi connectivity index (χ2v) is 7.22. The predicted octanol–water partition coefficient (Wildman–Crippen LogP) is 5.39. The molecule has 0 heterocycles. The molecule has 2 unspecified atom stereocenters. The molecule has 0 saturated heterocycles. The molecule has 2 nitrogen and oxygen atoms in total. The molecule has 0 aromatic heterocycles. The van der Waals surface area contributed by atoms with E-state index in [1.807, 2.05) is 13.8 Å². The first-order chi connectivity index (χ1) is 10.6. The molecule has 0 bridgehead atoms. The number of hydrogen-bond donors (Lipinski definition) is 0. The topological polar surface area (TPSA) is 26.3 Å². The number of ether oxygens (including phenoxy) is 1. The van der Waals surface area contributed by atoms with E-state index in [1.54, 1.807) is 0 Å². The van der Waals surface area contributed by atoms with Crippen LogP contribution in [0.1, 0.15) is 19.4 Å². The molecule has 23 heavy (non-hydrogen) atoms. The standard InChI is InChI=1S/C15H12Cl3F3O2/c1-15(2)7(3-10(16)17)11(15)14(22)23-5-6-12(18)8(19)4-9(20)13(6)21/h3-4,7,11H,5H2,1-2H3. The summed E-state index contributed by atoms with van der Waals surface area (Å²) in [5.74, 6) is -5.29. The molecule has 2 rings (SSSR count). The summed E-state index contributed by atoms with van der Waals surface area (Å²) in [6, 6.07) is 0.330. The SMILES string of the molecule is CC1(C)C(C=C(Cl)Cl)C1C(=O)OCc1c(F)c(F)cc(F)c1Cl. The van der Waals surface area contributed by atoms with Gasteiger partial charge < -0.3 is 4.74 Å². The minimum Gasteiger partial charge on any atom is -0.460 e. The van der Waals surface area contributed by atoms with Gasteiger partial charge in [0.05, 0.1) is 10.9 Å². The van der Waals surface area contributed by atoms with Gasteiger partial charge in [-0.1, -0.05) is 48.7 Å². The molecule has 0 N–H and O–H groups in total. The Bertz CT molecular complexity index is 659. The fourth-order valence-electron chi connectivity index (χ4n) is 2.56. The van der Waals surface area contributed by atoms with Gasteiger partial charge in [-0.3, -0.25) is 4.79 Å². The average Bonchev–Trinajstić information content (AvgIpc) is 2.96. The van der Waals surface area contributed by atoms with Crippen molar-refractivity contribution >= 4 is 40.8 Å². The van der Waals surface area contributed by atoms with E-state index >= 15 is 0 Å². The summed E-state index contributed by atoms with van der Waals surface area (Å²) in [4.78, 5) is 12.1. The molecule has 0 radical (unpaired) electrons. The van der Waals surface area contributed by atoms with Gasteiger partial charge >= 0.3 is 5.97 Å². The van der Waals surface area contributed by atoms with E-state index in [-0.39, 0.29) is 10.4 Å². The van der Waals surface area contributed by atoms with Crippen LogP contribution in [0.15, 0.2) is 16.6 Å². The first kappa shape index (κ1) is 18.4. The van der Waals surface area contributed by atoms with Crippen molar-refractivity contribution < 1.29 is 22.7 Å². The van der Waals surface area contributed by atoms with Crippen molar-refractivity contribution in [2.75, 3.05) is 0 Å². The van der Waals surface area contributed by atoms with Crippen molar-refractivity contribution in [1.82, 2.24) is 0 Å². The van der Waals surface area contributed by atoms with E-state index in [9.17, 15) is 18.0 Å². The number of rotatable bonds is 4. The van der Waals surface area contributed by atoms with Crippen molar-refractivity contribution in [3.63, 3.8) is 0 Å². The van der Waals surface area contributed by atoms with Crippen LogP contribution in [-0.4, -0.2) is 5.97 Å². The number of carbonyl (C=O) groups is 1. The van der Waals surface area contributed by atoms with Gasteiger partial charge in [-0.2, -0.15) is 0 Å². The summed E-state index contributed by atoms with van der Waals surface area (Å²) < 4.78 is 45.2. The zero-order valence-corrected chi connectivity index (χ0v) is 14.4. The highest BCUT2D eigenvalue weighted by Gasteiger charge is 2.61. The molecule has 2 atom stereocenters. The van der Waals surface area contributed by atoms with Crippen LogP contribution < -0.4 is 0 Å². The summed E-state index contributed by atoms with van der Waals surface area (Å²) in [6.07, 6.45) is 1.52. The quantitative estimate of drug-likeness (QED) is 0.511. The van der Waals surface area contributed by atoms with Gasteiger partial charge in [0.2, 0.25) is 0 Å². The Labute approximate surface area is 146 Å². The Morgan fingerprint density at radius 1 is 1.30 bits per heavy atom. The van der Waals surface area contributed by atoms with Crippen LogP contribution in [0, 0.1) is 34.7 Å². The van der Waals surface area contributed by atoms with Crippen LogP contribution in [0.5, 0.6) is 0 Å². The lowest BCUT2D eigenvalue weighted by Gasteiger charge is -2.09. The van der Waals surface area contributed by atoms with E-state index < -0.39 is 51.9 Å². The minimum absolute atomic E-state index is 0.0275. The minimum atomic E-state index is -1.40. The maximum Gasteiger partial charge on any atom is 0.310 e. The largest absolute Gasteiger partial charge is 0.460 e. The number of esters is 1. The van der Waals surface area contributed by atoms with Crippen molar-refractivity contribution in [3.05, 3.63) is 44.7 Å². The maximum atomic E-state index is 13.6. The van der Waals surface area contributed by atoms with Crippen LogP contribution >= 0.6 is 34.8 Å². The lowest BCUT2D eigenvalue weighted by molar-refractivity contribution is -0.147. The van der Waals surface area contributed by atoms with E-state index in [4.69, 9.17) is 39.5 Å². The predicted molar refractivity (Wildman–Crippen MR) is 81.7 cm³/mol. The van der Waals surface area contributed by atoms with Crippen LogP contribution in [0.2, 0.25) is 5.02 Å². The number of carbonyl (C=O) groups excluding carboxylic acids is 1. The molecule has 126 valence electrons. The monoisotopic (exact) mass is 386 g/mol. The van der Waals surface area contributed by atoms with E-state index in [2.05, 4.69) is 0 Å². The van der Waals surface area contributed by atoms with Gasteiger partial charge in [0.15, 0.2) is 11.6 Å². The number of allylic oxidation sites excluding steroid dienone is 1. The number of halogens is 6. The molecule has 0 spiro atoms. The highest BCUT2D eigenvalue weighted by molar-refractivity contribution is 6.55. The lowest BCUT2D eigenvalue weighted by Crippen LogP contribution is -2.12. The van der Waals surface area contributed by atoms with Crippen molar-refractivity contribution in [2.45, 2.75) is 20.5 Å². The van der Waals surface area contributed by atoms with Crippen molar-refractivity contribution in [3.8, 4) is 0 Å². The Morgan fingerprint density at radius 3 is 2.48 bits per heavy atom. The van der Waals surface area contributed by atoms with Gasteiger partial charge in [-0.15, -0.1) is 0 Å². The fourth-order valence-corrected chi connectivity index (χ4v) is 3.02. The third kappa shape index (κ3) is 3.62. The average molecular weight is 388 g/mol. The third-order valence-corrected chi connectivity index (χ3v) is 4.69. The second kappa shape index (κ2) is 6.54. The summed E-state index contributed by atoms with van der Waals surface area (Å²) >= 11 is 16.8. The Hall–Kier alpha value is -0.910. The van der Waals surface area contributed by atoms with Crippen LogP contribution in [0.25, 0.3) is 0 Å². The van der Waals surface area contributed by atoms with E-state index in [1.165, 1.54) is 6.08 Å². The highest BCUT2D eigenvalue weighted by atomic mass is 35.5. The summed E-state index contributed by atoms with van der Waals surface area (Å²) in [7, 11) is 0. The highest BCUT2D eigenvalue weighted by Crippen LogP contribution is 2.60.